The summed E-state index contributed by atoms with van der Waals surface area (Å²) in [5.74, 6) is -0.178. The monoisotopic (exact) mass is 417 g/mol. The first-order chi connectivity index (χ1) is 14.5. The van der Waals surface area contributed by atoms with Gasteiger partial charge in [-0.2, -0.15) is 0 Å². The first-order valence-corrected chi connectivity index (χ1v) is 10.6. The quantitative estimate of drug-likeness (QED) is 0.633. The van der Waals surface area contributed by atoms with Crippen molar-refractivity contribution >= 4 is 40.6 Å². The molecule has 2 amide bonds. The average Bonchev–Trinajstić information content (AvgIpc) is 2.76. The van der Waals surface area contributed by atoms with E-state index in [1.54, 1.807) is 50.1 Å². The molecule has 6 heteroatoms. The van der Waals surface area contributed by atoms with Crippen molar-refractivity contribution in [3.63, 3.8) is 0 Å². The second-order valence-electron chi connectivity index (χ2n) is 7.27. The molecule has 4 rings (SSSR count). The highest BCUT2D eigenvalue weighted by Crippen LogP contribution is 2.47. The molecule has 5 nitrogen and oxygen atoms in total. The highest BCUT2D eigenvalue weighted by molar-refractivity contribution is 7.99. The molecule has 1 aliphatic rings. The van der Waals surface area contributed by atoms with Crippen molar-refractivity contribution < 1.29 is 9.59 Å². The highest BCUT2D eigenvalue weighted by Gasteiger charge is 2.23. The van der Waals surface area contributed by atoms with Crippen LogP contribution in [-0.2, 0) is 4.79 Å². The maximum atomic E-state index is 12.7. The van der Waals surface area contributed by atoms with Crippen LogP contribution in [0.3, 0.4) is 0 Å². The largest absolute Gasteiger partial charge is 0.345 e. The molecule has 0 unspecified atom stereocenters. The van der Waals surface area contributed by atoms with Crippen molar-refractivity contribution in [2.75, 3.05) is 30.9 Å². The minimum Gasteiger partial charge on any atom is -0.345 e. The van der Waals surface area contributed by atoms with Gasteiger partial charge in [0.25, 0.3) is 5.91 Å². The Morgan fingerprint density at radius 3 is 2.17 bits per heavy atom. The van der Waals surface area contributed by atoms with Crippen LogP contribution in [0.15, 0.2) is 82.6 Å². The summed E-state index contributed by atoms with van der Waals surface area (Å²) in [4.78, 5) is 30.9. The predicted octanol–water partition coefficient (Wildman–Crippen LogP) is 5.02. The molecule has 0 radical (unpaired) electrons. The van der Waals surface area contributed by atoms with Gasteiger partial charge in [-0.1, -0.05) is 42.1 Å². The average molecular weight is 418 g/mol. The fourth-order valence-electron chi connectivity index (χ4n) is 3.45. The number of carbonyl (C=O) groups excluding carboxylic acids is 2. The Morgan fingerprint density at radius 2 is 1.53 bits per heavy atom. The predicted molar refractivity (Wildman–Crippen MR) is 122 cm³/mol. The van der Waals surface area contributed by atoms with Gasteiger partial charge >= 0.3 is 0 Å². The second kappa shape index (κ2) is 8.63. The number of carbonyl (C=O) groups is 2. The molecule has 0 aliphatic carbocycles. The molecule has 1 N–H and O–H groups in total. The van der Waals surface area contributed by atoms with E-state index in [2.05, 4.69) is 34.5 Å². The van der Waals surface area contributed by atoms with E-state index < -0.39 is 0 Å². The SMILES string of the molecule is CN(C)C(=O)c1cccc(NC(=O)CCN2c3ccccc3Sc3ccccc32)c1. The topological polar surface area (TPSA) is 52.7 Å². The second-order valence-corrected chi connectivity index (χ2v) is 8.35. The van der Waals surface area contributed by atoms with Crippen LogP contribution in [0.5, 0.6) is 0 Å². The van der Waals surface area contributed by atoms with E-state index in [0.29, 0.717) is 24.2 Å². The molecule has 0 saturated heterocycles. The third-order valence-electron chi connectivity index (χ3n) is 4.89. The lowest BCUT2D eigenvalue weighted by molar-refractivity contribution is -0.116. The zero-order valence-electron chi connectivity index (χ0n) is 17.0. The van der Waals surface area contributed by atoms with Crippen LogP contribution in [0, 0.1) is 0 Å². The number of nitrogens with one attached hydrogen (secondary N) is 1. The van der Waals surface area contributed by atoms with E-state index in [0.717, 1.165) is 11.4 Å². The van der Waals surface area contributed by atoms with Gasteiger partial charge < -0.3 is 15.1 Å². The maximum Gasteiger partial charge on any atom is 0.253 e. The molecule has 0 aromatic heterocycles. The van der Waals surface area contributed by atoms with Gasteiger partial charge in [-0.3, -0.25) is 9.59 Å². The summed E-state index contributed by atoms with van der Waals surface area (Å²) in [6.07, 6.45) is 0.333. The Labute approximate surface area is 180 Å². The van der Waals surface area contributed by atoms with Gasteiger partial charge in [0.1, 0.15) is 0 Å². The van der Waals surface area contributed by atoms with Crippen LogP contribution in [0.25, 0.3) is 0 Å². The number of fused-ring (bicyclic) bond motifs is 2. The molecule has 0 saturated carbocycles. The van der Waals surface area contributed by atoms with E-state index in [1.807, 2.05) is 24.3 Å². The minimum atomic E-state index is -0.0925. The summed E-state index contributed by atoms with van der Waals surface area (Å²) in [6.45, 7) is 0.566. The molecule has 1 heterocycles. The number of anilines is 3. The molecule has 0 spiro atoms. The lowest BCUT2D eigenvalue weighted by atomic mass is 10.1. The molecule has 152 valence electrons. The Bertz CT molecular complexity index is 1050. The number of benzene rings is 3. The van der Waals surface area contributed by atoms with Crippen molar-refractivity contribution in [1.82, 2.24) is 4.90 Å². The third kappa shape index (κ3) is 4.19. The van der Waals surface area contributed by atoms with Crippen molar-refractivity contribution in [1.29, 1.82) is 0 Å². The highest BCUT2D eigenvalue weighted by atomic mass is 32.2. The number of hydrogen-bond acceptors (Lipinski definition) is 4. The standard InChI is InChI=1S/C24H23N3O2S/c1-26(2)24(29)17-8-7-9-18(16-17)25-23(28)14-15-27-19-10-3-5-12-21(19)30-22-13-6-4-11-20(22)27/h3-13,16H,14-15H2,1-2H3,(H,25,28). The van der Waals surface area contributed by atoms with Crippen molar-refractivity contribution in [3.8, 4) is 0 Å². The number of rotatable bonds is 5. The Kier molecular flexibility index (Phi) is 5.77. The van der Waals surface area contributed by atoms with Crippen molar-refractivity contribution in [2.24, 2.45) is 0 Å². The van der Waals surface area contributed by atoms with Crippen LogP contribution in [0.1, 0.15) is 16.8 Å². The fraction of sp³-hybridized carbons (Fsp3) is 0.167. The summed E-state index contributed by atoms with van der Waals surface area (Å²) in [6, 6.07) is 23.5. The van der Waals surface area contributed by atoms with Crippen molar-refractivity contribution in [3.05, 3.63) is 78.4 Å². The Morgan fingerprint density at radius 1 is 0.900 bits per heavy atom. The number of amides is 2. The van der Waals surface area contributed by atoms with Crippen LogP contribution in [-0.4, -0.2) is 37.4 Å². The van der Waals surface area contributed by atoms with Crippen LogP contribution >= 0.6 is 11.8 Å². The summed E-state index contributed by atoms with van der Waals surface area (Å²) >= 11 is 1.75. The first kappa shape index (κ1) is 20.0. The minimum absolute atomic E-state index is 0.0855. The van der Waals surface area contributed by atoms with Gasteiger partial charge in [0, 0.05) is 48.1 Å². The van der Waals surface area contributed by atoms with E-state index in [-0.39, 0.29) is 11.8 Å². The third-order valence-corrected chi connectivity index (χ3v) is 6.02. The Hall–Kier alpha value is -3.25. The summed E-state index contributed by atoms with van der Waals surface area (Å²) in [5.41, 5.74) is 3.41. The normalized spacial score (nSPS) is 12.0. The van der Waals surface area contributed by atoms with Crippen LogP contribution < -0.4 is 10.2 Å². The molecular formula is C24H23N3O2S. The molecule has 3 aromatic carbocycles. The van der Waals surface area contributed by atoms with Gasteiger partial charge in [0.15, 0.2) is 0 Å². The van der Waals surface area contributed by atoms with E-state index in [4.69, 9.17) is 0 Å². The molecule has 30 heavy (non-hydrogen) atoms. The van der Waals surface area contributed by atoms with Crippen LogP contribution in [0.2, 0.25) is 0 Å². The van der Waals surface area contributed by atoms with Gasteiger partial charge in [-0.15, -0.1) is 0 Å². The smallest absolute Gasteiger partial charge is 0.253 e. The first-order valence-electron chi connectivity index (χ1n) is 9.78. The van der Waals surface area contributed by atoms with Gasteiger partial charge in [0.2, 0.25) is 5.91 Å². The summed E-state index contributed by atoms with van der Waals surface area (Å²) in [7, 11) is 3.42. The number of hydrogen-bond donors (Lipinski definition) is 1. The molecule has 0 bridgehead atoms. The lowest BCUT2D eigenvalue weighted by Crippen LogP contribution is -2.26. The maximum absolute atomic E-state index is 12.7. The summed E-state index contributed by atoms with van der Waals surface area (Å²) < 4.78 is 0. The Balaban J connectivity index is 1.47. The van der Waals surface area contributed by atoms with E-state index >= 15 is 0 Å². The van der Waals surface area contributed by atoms with Crippen LogP contribution in [0.4, 0.5) is 17.1 Å². The lowest BCUT2D eigenvalue weighted by Gasteiger charge is -2.32. The van der Waals surface area contributed by atoms with Gasteiger partial charge in [-0.25, -0.2) is 0 Å². The molecular weight excluding hydrogens is 394 g/mol. The molecule has 3 aromatic rings. The van der Waals surface area contributed by atoms with E-state index in [9.17, 15) is 9.59 Å². The molecule has 0 atom stereocenters. The fourth-order valence-corrected chi connectivity index (χ4v) is 4.54. The zero-order chi connectivity index (χ0) is 21.1. The van der Waals surface area contributed by atoms with Gasteiger partial charge in [-0.05, 0) is 42.5 Å². The zero-order valence-corrected chi connectivity index (χ0v) is 17.8. The summed E-state index contributed by atoms with van der Waals surface area (Å²) in [5, 5.41) is 2.92. The molecule has 1 aliphatic heterocycles. The van der Waals surface area contributed by atoms with Crippen molar-refractivity contribution in [2.45, 2.75) is 16.2 Å². The van der Waals surface area contributed by atoms with E-state index in [1.165, 1.54) is 14.7 Å². The van der Waals surface area contributed by atoms with Gasteiger partial charge in [0.05, 0.1) is 11.4 Å². The molecule has 0 fully saturated rings. The number of nitrogens with zero attached hydrogens (tertiary/aromatic N) is 2. The number of para-hydroxylation sites is 2.